The highest BCUT2D eigenvalue weighted by Gasteiger charge is 2.77. The van der Waals surface area contributed by atoms with Crippen LogP contribution in [0.5, 0.6) is 11.5 Å². The van der Waals surface area contributed by atoms with Crippen LogP contribution < -0.4 is 19.4 Å². The molecule has 10 nitrogen and oxygen atoms in total. The van der Waals surface area contributed by atoms with Gasteiger partial charge in [-0.05, 0) is 85.5 Å². The topological polar surface area (TPSA) is 117 Å². The molecule has 1 N–H and O–H groups in total. The maximum atomic E-state index is 14.5. The van der Waals surface area contributed by atoms with Crippen molar-refractivity contribution in [3.05, 3.63) is 89.8 Å². The van der Waals surface area contributed by atoms with Crippen molar-refractivity contribution >= 4 is 63.9 Å². The van der Waals surface area contributed by atoms with Crippen molar-refractivity contribution in [1.82, 2.24) is 0 Å². The number of allylic oxidation sites excluding steroid dienone is 2. The van der Waals surface area contributed by atoms with E-state index in [9.17, 15) is 41.8 Å². The van der Waals surface area contributed by atoms with E-state index >= 15 is 0 Å². The molecule has 276 valence electrons. The molecule has 4 amide bonds. The lowest BCUT2D eigenvalue weighted by atomic mass is 9.56. The van der Waals surface area contributed by atoms with Gasteiger partial charge in [-0.2, -0.15) is 0 Å². The molecule has 3 aromatic carbocycles. The molecule has 0 spiro atoms. The second-order valence-electron chi connectivity index (χ2n) is 13.6. The van der Waals surface area contributed by atoms with Gasteiger partial charge in [0.15, 0.2) is 9.75 Å². The third kappa shape index (κ3) is 5.39. The highest BCUT2D eigenvalue weighted by molar-refractivity contribution is 6.58. The molecular formula is C37H29Cl2F4N3O7. The molecule has 0 aromatic heterocycles. The first-order valence-corrected chi connectivity index (χ1v) is 17.5. The summed E-state index contributed by atoms with van der Waals surface area (Å²) >= 11 is 14.6. The Labute approximate surface area is 309 Å². The number of hydrogen-bond acceptors (Lipinski definition) is 8. The minimum Gasteiger partial charge on any atom is -0.508 e. The van der Waals surface area contributed by atoms with Gasteiger partial charge in [-0.1, -0.05) is 11.6 Å². The van der Waals surface area contributed by atoms with Crippen LogP contribution in [0.3, 0.4) is 0 Å². The average Bonchev–Trinajstić information content (AvgIpc) is 3.47. The van der Waals surface area contributed by atoms with Gasteiger partial charge in [0.05, 0.1) is 36.4 Å². The van der Waals surface area contributed by atoms with E-state index in [1.54, 1.807) is 30.3 Å². The fourth-order valence-electron chi connectivity index (χ4n) is 8.59. The molecule has 0 unspecified atom stereocenters. The van der Waals surface area contributed by atoms with E-state index in [0.717, 1.165) is 53.1 Å². The fraction of sp³-hybridized carbons (Fsp3) is 0.351. The van der Waals surface area contributed by atoms with E-state index in [2.05, 4.69) is 9.64 Å². The SMILES string of the molecule is O=C1[C@H]2[C@H](CC=C3[C@H]2C[C@@]2(Cl)C(=O)N(c4ccc(F)cc4)C(=O)[C@@]2(Cl)[C@H]3c2cc(OC(F)(F)F)ccc2O)C(=O)N1c1ccc(N2CCOCC2)cc1. The Morgan fingerprint density at radius 2 is 1.43 bits per heavy atom. The number of alkyl halides is 5. The van der Waals surface area contributed by atoms with Crippen LogP contribution in [0.4, 0.5) is 34.6 Å². The first-order chi connectivity index (χ1) is 25.1. The molecule has 16 heteroatoms. The van der Waals surface area contributed by atoms with Gasteiger partial charge >= 0.3 is 6.36 Å². The molecule has 0 radical (unpaired) electrons. The summed E-state index contributed by atoms with van der Waals surface area (Å²) in [6.07, 6.45) is -3.99. The van der Waals surface area contributed by atoms with Gasteiger partial charge in [-0.3, -0.25) is 24.1 Å². The largest absolute Gasteiger partial charge is 0.573 e. The number of morpholine rings is 1. The number of halogens is 6. The normalized spacial score (nSPS) is 29.9. The van der Waals surface area contributed by atoms with Crippen molar-refractivity contribution in [3.8, 4) is 11.5 Å². The minimum absolute atomic E-state index is 0.0223. The van der Waals surface area contributed by atoms with Crippen LogP contribution >= 0.6 is 23.2 Å². The molecule has 3 heterocycles. The summed E-state index contributed by atoms with van der Waals surface area (Å²) in [5.41, 5.74) is 1.03. The summed E-state index contributed by atoms with van der Waals surface area (Å²) in [7, 11) is 0. The maximum absolute atomic E-state index is 14.5. The summed E-state index contributed by atoms with van der Waals surface area (Å²) in [6.45, 7) is 2.46. The molecule has 2 aliphatic carbocycles. The second kappa shape index (κ2) is 12.5. The number of imide groups is 2. The van der Waals surface area contributed by atoms with Crippen molar-refractivity contribution in [3.63, 3.8) is 0 Å². The predicted octanol–water partition coefficient (Wildman–Crippen LogP) is 6.03. The van der Waals surface area contributed by atoms with Crippen LogP contribution in [0, 0.1) is 23.6 Å². The number of phenols is 1. The number of amides is 4. The van der Waals surface area contributed by atoms with Crippen molar-refractivity contribution in [2.24, 2.45) is 17.8 Å². The van der Waals surface area contributed by atoms with Crippen LogP contribution in [-0.4, -0.2) is 71.1 Å². The number of carbonyl (C=O) groups is 4. The monoisotopic (exact) mass is 773 g/mol. The Morgan fingerprint density at radius 1 is 0.811 bits per heavy atom. The Morgan fingerprint density at radius 3 is 2.09 bits per heavy atom. The Hall–Kier alpha value is -4.66. The number of ether oxygens (including phenoxy) is 2. The van der Waals surface area contributed by atoms with Gasteiger partial charge in [-0.25, -0.2) is 9.29 Å². The fourth-order valence-corrected chi connectivity index (χ4v) is 9.52. The summed E-state index contributed by atoms with van der Waals surface area (Å²) in [6, 6.07) is 13.9. The van der Waals surface area contributed by atoms with E-state index in [-0.39, 0.29) is 23.2 Å². The predicted molar refractivity (Wildman–Crippen MR) is 183 cm³/mol. The van der Waals surface area contributed by atoms with Gasteiger partial charge in [0.2, 0.25) is 11.8 Å². The number of phenolic OH excluding ortho intramolecular Hbond substituents is 1. The van der Waals surface area contributed by atoms with Gasteiger partial charge in [0, 0.05) is 30.3 Å². The van der Waals surface area contributed by atoms with Crippen LogP contribution in [0.25, 0.3) is 0 Å². The van der Waals surface area contributed by atoms with Crippen LogP contribution in [0.2, 0.25) is 0 Å². The Balaban J connectivity index is 1.23. The number of rotatable bonds is 5. The Kier molecular flexibility index (Phi) is 8.31. The average molecular weight is 775 g/mol. The number of carbonyl (C=O) groups excluding carboxylic acids is 4. The summed E-state index contributed by atoms with van der Waals surface area (Å²) < 4.78 is 63.6. The molecule has 1 saturated carbocycles. The van der Waals surface area contributed by atoms with Gasteiger partial charge in [-0.15, -0.1) is 36.4 Å². The van der Waals surface area contributed by atoms with Gasteiger partial charge in [0.25, 0.3) is 11.8 Å². The van der Waals surface area contributed by atoms with Crippen molar-refractivity contribution < 1.29 is 51.3 Å². The van der Waals surface area contributed by atoms with Crippen molar-refractivity contribution in [2.75, 3.05) is 41.0 Å². The van der Waals surface area contributed by atoms with E-state index in [4.69, 9.17) is 27.9 Å². The molecule has 3 aromatic rings. The number of aromatic hydroxyl groups is 1. The van der Waals surface area contributed by atoms with E-state index < -0.39 is 87.1 Å². The molecule has 8 rings (SSSR count). The molecule has 4 fully saturated rings. The highest BCUT2D eigenvalue weighted by atomic mass is 35.5. The van der Waals surface area contributed by atoms with Gasteiger partial charge < -0.3 is 19.5 Å². The molecule has 0 bridgehead atoms. The third-order valence-corrected chi connectivity index (χ3v) is 12.3. The van der Waals surface area contributed by atoms with E-state index in [1.165, 1.54) is 0 Å². The molecule has 3 aliphatic heterocycles. The highest BCUT2D eigenvalue weighted by Crippen LogP contribution is 2.66. The first-order valence-electron chi connectivity index (χ1n) is 16.8. The molecule has 3 saturated heterocycles. The number of fused-ring (bicyclic) bond motifs is 4. The smallest absolute Gasteiger partial charge is 0.508 e. The van der Waals surface area contributed by atoms with Gasteiger partial charge in [0.1, 0.15) is 17.3 Å². The third-order valence-electron chi connectivity index (χ3n) is 10.9. The zero-order chi connectivity index (χ0) is 37.6. The number of nitrogens with zero attached hydrogens (tertiary/aromatic N) is 3. The summed E-state index contributed by atoms with van der Waals surface area (Å²) in [5.74, 6) is -9.85. The van der Waals surface area contributed by atoms with E-state index in [1.807, 2.05) is 0 Å². The molecular weight excluding hydrogens is 745 g/mol. The molecule has 5 aliphatic rings. The molecule has 6 atom stereocenters. The summed E-state index contributed by atoms with van der Waals surface area (Å²) in [4.78, 5) is 56.4. The number of benzene rings is 3. The second-order valence-corrected chi connectivity index (χ2v) is 14.9. The standard InChI is InChI=1S/C37H29Cl2F4N3O7/c38-35-18-27-24(10-11-25-29(27)32(49)45(31(25)48)21-7-5-20(6-8-21)44-13-15-52-16-14-44)30(26-17-23(9-12-28(26)47)53-37(41,42)43)36(35,39)34(51)46(33(35)50)22-3-1-19(40)2-4-22/h1-10,12,17,25,27,29-30,47H,11,13-16,18H2/t25-,27+,29-,30+,35+,36-/m0/s1. The van der Waals surface area contributed by atoms with E-state index in [0.29, 0.717) is 36.9 Å². The Bertz CT molecular complexity index is 2080. The quantitative estimate of drug-likeness (QED) is 0.145. The lowest BCUT2D eigenvalue weighted by Crippen LogP contribution is -2.60. The minimum atomic E-state index is -5.13. The molecule has 53 heavy (non-hydrogen) atoms. The lowest BCUT2D eigenvalue weighted by molar-refractivity contribution is -0.274. The van der Waals surface area contributed by atoms with Crippen LogP contribution in [0.1, 0.15) is 24.3 Å². The first kappa shape index (κ1) is 35.4. The zero-order valence-corrected chi connectivity index (χ0v) is 29.0. The van der Waals surface area contributed by atoms with Crippen molar-refractivity contribution in [2.45, 2.75) is 34.9 Å². The summed E-state index contributed by atoms with van der Waals surface area (Å²) in [5, 5.41) is 11.2. The number of hydrogen-bond donors (Lipinski definition) is 1. The van der Waals surface area contributed by atoms with Crippen molar-refractivity contribution in [1.29, 1.82) is 0 Å². The zero-order valence-electron chi connectivity index (χ0n) is 27.5. The van der Waals surface area contributed by atoms with Crippen LogP contribution in [0.15, 0.2) is 78.4 Å². The number of anilines is 3. The maximum Gasteiger partial charge on any atom is 0.573 e. The van der Waals surface area contributed by atoms with Crippen LogP contribution in [-0.2, 0) is 23.9 Å². The lowest BCUT2D eigenvalue weighted by Gasteiger charge is -2.50.